The molecule has 28 heavy (non-hydrogen) atoms. The Hall–Kier alpha value is -3.74. The number of aryl methyl sites for hydroxylation is 1. The van der Waals surface area contributed by atoms with E-state index in [1.54, 1.807) is 24.9 Å². The number of hydrogen-bond donors (Lipinski definition) is 0. The topological polar surface area (TPSA) is 73.0 Å². The molecule has 0 unspecified atom stereocenters. The first-order valence-corrected chi connectivity index (χ1v) is 8.89. The molecule has 1 amide bonds. The van der Waals surface area contributed by atoms with E-state index in [4.69, 9.17) is 0 Å². The molecule has 0 aliphatic rings. The number of anilines is 1. The van der Waals surface area contributed by atoms with E-state index < -0.39 is 0 Å². The lowest BCUT2D eigenvalue weighted by Gasteiger charge is -2.17. The molecule has 0 saturated heterocycles. The Morgan fingerprint density at radius 1 is 1.04 bits per heavy atom. The molecule has 2 heterocycles. The van der Waals surface area contributed by atoms with Crippen LogP contribution in [0.25, 0.3) is 16.6 Å². The lowest BCUT2D eigenvalue weighted by Crippen LogP contribution is -2.35. The number of likely N-dealkylation sites (N-methyl/N-ethyl adjacent to an activating group) is 1. The number of para-hydroxylation sites is 2. The SMILES string of the molecule is Cc1nn(CC(=O)N(C)c2ccccc2)c(=O)c2c1cnn2-c1ccccc1. The van der Waals surface area contributed by atoms with Crippen LogP contribution in [0.1, 0.15) is 5.69 Å². The summed E-state index contributed by atoms with van der Waals surface area (Å²) in [5, 5.41) is 9.36. The highest BCUT2D eigenvalue weighted by Crippen LogP contribution is 2.17. The molecule has 0 fully saturated rings. The van der Waals surface area contributed by atoms with Crippen molar-refractivity contribution in [3.05, 3.63) is 82.9 Å². The normalized spacial score (nSPS) is 10.9. The number of rotatable bonds is 4. The predicted molar refractivity (Wildman–Crippen MR) is 108 cm³/mol. The van der Waals surface area contributed by atoms with E-state index in [9.17, 15) is 9.59 Å². The van der Waals surface area contributed by atoms with Gasteiger partial charge in [-0.1, -0.05) is 36.4 Å². The van der Waals surface area contributed by atoms with E-state index in [0.717, 1.165) is 11.4 Å². The summed E-state index contributed by atoms with van der Waals surface area (Å²) in [6, 6.07) is 18.7. The fraction of sp³-hybridized carbons (Fsp3) is 0.143. The summed E-state index contributed by atoms with van der Waals surface area (Å²) < 4.78 is 2.80. The van der Waals surface area contributed by atoms with Gasteiger partial charge in [0.1, 0.15) is 12.1 Å². The number of hydrogen-bond acceptors (Lipinski definition) is 4. The third-order valence-corrected chi connectivity index (χ3v) is 4.67. The van der Waals surface area contributed by atoms with Crippen molar-refractivity contribution in [1.29, 1.82) is 0 Å². The van der Waals surface area contributed by atoms with E-state index in [1.165, 1.54) is 9.58 Å². The van der Waals surface area contributed by atoms with Crippen LogP contribution < -0.4 is 10.5 Å². The van der Waals surface area contributed by atoms with Gasteiger partial charge in [0, 0.05) is 18.1 Å². The minimum Gasteiger partial charge on any atom is -0.314 e. The first-order valence-electron chi connectivity index (χ1n) is 8.89. The Morgan fingerprint density at radius 2 is 1.68 bits per heavy atom. The monoisotopic (exact) mass is 373 g/mol. The highest BCUT2D eigenvalue weighted by atomic mass is 16.2. The molecule has 7 heteroatoms. The number of carbonyl (C=O) groups excluding carboxylic acids is 1. The Bertz CT molecular complexity index is 1200. The quantitative estimate of drug-likeness (QED) is 0.551. The summed E-state index contributed by atoms with van der Waals surface area (Å²) in [5.74, 6) is -0.231. The Labute approximate surface area is 161 Å². The predicted octanol–water partition coefficient (Wildman–Crippen LogP) is 2.55. The molecular weight excluding hydrogens is 354 g/mol. The van der Waals surface area contributed by atoms with Crippen LogP contribution in [0, 0.1) is 6.92 Å². The van der Waals surface area contributed by atoms with Crippen LogP contribution in [-0.2, 0) is 11.3 Å². The van der Waals surface area contributed by atoms with Gasteiger partial charge in [0.2, 0.25) is 5.91 Å². The van der Waals surface area contributed by atoms with E-state index in [1.807, 2.05) is 60.7 Å². The van der Waals surface area contributed by atoms with E-state index in [-0.39, 0.29) is 18.0 Å². The van der Waals surface area contributed by atoms with Gasteiger partial charge < -0.3 is 4.90 Å². The number of amides is 1. The summed E-state index contributed by atoms with van der Waals surface area (Å²) in [4.78, 5) is 27.3. The van der Waals surface area contributed by atoms with Crippen molar-refractivity contribution in [3.8, 4) is 5.69 Å². The number of carbonyl (C=O) groups is 1. The zero-order valence-corrected chi connectivity index (χ0v) is 15.6. The molecular formula is C21H19N5O2. The van der Waals surface area contributed by atoms with Gasteiger partial charge >= 0.3 is 0 Å². The second-order valence-corrected chi connectivity index (χ2v) is 6.49. The third kappa shape index (κ3) is 3.07. The standard InChI is InChI=1S/C21H19N5O2/c1-15-18-13-22-26(17-11-7-4-8-12-17)20(18)21(28)25(23-15)14-19(27)24(2)16-9-5-3-6-10-16/h3-13H,14H2,1-2H3. The van der Waals surface area contributed by atoms with Crippen molar-refractivity contribution >= 4 is 22.5 Å². The van der Waals surface area contributed by atoms with Crippen LogP contribution in [-0.4, -0.2) is 32.5 Å². The molecule has 0 saturated carbocycles. The number of nitrogens with zero attached hydrogens (tertiary/aromatic N) is 5. The maximum atomic E-state index is 13.1. The summed E-state index contributed by atoms with van der Waals surface area (Å²) in [6.07, 6.45) is 1.63. The van der Waals surface area contributed by atoms with Crippen LogP contribution in [0.15, 0.2) is 71.7 Å². The first-order chi connectivity index (χ1) is 13.6. The van der Waals surface area contributed by atoms with Gasteiger partial charge in [-0.15, -0.1) is 0 Å². The van der Waals surface area contributed by atoms with Crippen LogP contribution in [0.2, 0.25) is 0 Å². The molecule has 0 atom stereocenters. The van der Waals surface area contributed by atoms with Gasteiger partial charge in [0.05, 0.1) is 17.6 Å². The number of fused-ring (bicyclic) bond motifs is 1. The molecule has 4 aromatic rings. The highest BCUT2D eigenvalue weighted by Gasteiger charge is 2.18. The van der Waals surface area contributed by atoms with Crippen LogP contribution >= 0.6 is 0 Å². The highest BCUT2D eigenvalue weighted by molar-refractivity contribution is 5.92. The van der Waals surface area contributed by atoms with Crippen LogP contribution in [0.3, 0.4) is 0 Å². The zero-order valence-electron chi connectivity index (χ0n) is 15.6. The van der Waals surface area contributed by atoms with Gasteiger partial charge in [-0.2, -0.15) is 10.2 Å². The minimum absolute atomic E-state index is 0.152. The average Bonchev–Trinajstić information content (AvgIpc) is 3.18. The van der Waals surface area contributed by atoms with Gasteiger partial charge in [-0.25, -0.2) is 9.36 Å². The van der Waals surface area contributed by atoms with Gasteiger partial charge in [-0.05, 0) is 31.2 Å². The summed E-state index contributed by atoms with van der Waals surface area (Å²) >= 11 is 0. The lowest BCUT2D eigenvalue weighted by molar-refractivity contribution is -0.119. The minimum atomic E-state index is -0.350. The molecule has 140 valence electrons. The van der Waals surface area contributed by atoms with E-state index >= 15 is 0 Å². The molecule has 0 spiro atoms. The number of aromatic nitrogens is 4. The van der Waals surface area contributed by atoms with Crippen molar-refractivity contribution < 1.29 is 4.79 Å². The van der Waals surface area contributed by atoms with Crippen molar-refractivity contribution in [1.82, 2.24) is 19.6 Å². The smallest absolute Gasteiger partial charge is 0.293 e. The van der Waals surface area contributed by atoms with Crippen LogP contribution in [0.5, 0.6) is 0 Å². The van der Waals surface area contributed by atoms with Crippen molar-refractivity contribution in [2.24, 2.45) is 0 Å². The zero-order chi connectivity index (χ0) is 19.7. The molecule has 2 aromatic heterocycles. The Kier molecular flexibility index (Phi) is 4.49. The van der Waals surface area contributed by atoms with Crippen molar-refractivity contribution in [2.45, 2.75) is 13.5 Å². The van der Waals surface area contributed by atoms with Crippen molar-refractivity contribution in [2.75, 3.05) is 11.9 Å². The molecule has 0 N–H and O–H groups in total. The van der Waals surface area contributed by atoms with Crippen molar-refractivity contribution in [3.63, 3.8) is 0 Å². The maximum absolute atomic E-state index is 13.1. The Morgan fingerprint density at radius 3 is 2.36 bits per heavy atom. The largest absolute Gasteiger partial charge is 0.314 e. The summed E-state index contributed by atoms with van der Waals surface area (Å²) in [5.41, 5.74) is 2.24. The fourth-order valence-electron chi connectivity index (χ4n) is 3.12. The molecule has 4 rings (SSSR count). The number of benzene rings is 2. The van der Waals surface area contributed by atoms with E-state index in [0.29, 0.717) is 16.6 Å². The van der Waals surface area contributed by atoms with Gasteiger partial charge in [-0.3, -0.25) is 9.59 Å². The summed E-state index contributed by atoms with van der Waals surface area (Å²) in [7, 11) is 1.68. The fourth-order valence-corrected chi connectivity index (χ4v) is 3.12. The maximum Gasteiger partial charge on any atom is 0.293 e. The van der Waals surface area contributed by atoms with Crippen LogP contribution in [0.4, 0.5) is 5.69 Å². The third-order valence-electron chi connectivity index (χ3n) is 4.67. The average molecular weight is 373 g/mol. The molecule has 0 aliphatic heterocycles. The Balaban J connectivity index is 1.75. The van der Waals surface area contributed by atoms with E-state index in [2.05, 4.69) is 10.2 Å². The molecule has 0 radical (unpaired) electrons. The summed E-state index contributed by atoms with van der Waals surface area (Å²) in [6.45, 7) is 1.65. The molecule has 0 bridgehead atoms. The molecule has 2 aromatic carbocycles. The lowest BCUT2D eigenvalue weighted by atomic mass is 10.2. The van der Waals surface area contributed by atoms with Gasteiger partial charge in [0.15, 0.2) is 0 Å². The second-order valence-electron chi connectivity index (χ2n) is 6.49. The molecule has 7 nitrogen and oxygen atoms in total. The second kappa shape index (κ2) is 7.11. The van der Waals surface area contributed by atoms with Gasteiger partial charge in [0.25, 0.3) is 5.56 Å². The molecule has 0 aliphatic carbocycles. The first kappa shape index (κ1) is 17.7.